The first-order valence-corrected chi connectivity index (χ1v) is 7.94. The van der Waals surface area contributed by atoms with Gasteiger partial charge in [-0.15, -0.1) is 11.3 Å². The van der Waals surface area contributed by atoms with E-state index < -0.39 is 4.92 Å². The molecule has 6 nitrogen and oxygen atoms in total. The Morgan fingerprint density at radius 2 is 2.24 bits per heavy atom. The molecule has 1 heterocycles. The van der Waals surface area contributed by atoms with E-state index in [0.29, 0.717) is 15.7 Å². The third-order valence-corrected chi connectivity index (χ3v) is 4.82. The third-order valence-electron chi connectivity index (χ3n) is 2.96. The molecule has 0 aliphatic rings. The summed E-state index contributed by atoms with van der Waals surface area (Å²) in [7, 11) is 1.68. The molecule has 0 saturated heterocycles. The van der Waals surface area contributed by atoms with E-state index in [-0.39, 0.29) is 11.6 Å². The molecule has 21 heavy (non-hydrogen) atoms. The minimum atomic E-state index is -0.500. The Morgan fingerprint density at radius 3 is 2.81 bits per heavy atom. The lowest BCUT2D eigenvalue weighted by atomic mass is 10.2. The zero-order chi connectivity index (χ0) is 15.6. The van der Waals surface area contributed by atoms with Gasteiger partial charge in [0.25, 0.3) is 11.6 Å². The number of halogens is 1. The first-order chi connectivity index (χ1) is 9.90. The minimum Gasteiger partial charge on any atom is -0.336 e. The maximum atomic E-state index is 12.5. The summed E-state index contributed by atoms with van der Waals surface area (Å²) in [6.07, 6.45) is 0. The monoisotopic (exact) mass is 417 g/mol. The Bertz CT molecular complexity index is 702. The normalized spacial score (nSPS) is 10.4. The van der Waals surface area contributed by atoms with Crippen LogP contribution >= 0.6 is 33.9 Å². The number of benzene rings is 1. The van der Waals surface area contributed by atoms with Crippen LogP contribution in [0.15, 0.2) is 23.7 Å². The Kier molecular flexibility index (Phi) is 4.88. The van der Waals surface area contributed by atoms with Crippen LogP contribution in [0.3, 0.4) is 0 Å². The number of hydrogen-bond donors (Lipinski definition) is 0. The molecule has 0 unspecified atom stereocenters. The molecule has 0 radical (unpaired) electrons. The molecule has 8 heteroatoms. The molecule has 0 spiro atoms. The van der Waals surface area contributed by atoms with Gasteiger partial charge in [0.05, 0.1) is 28.2 Å². The number of carbonyl (C=O) groups excluding carboxylic acids is 1. The highest BCUT2D eigenvalue weighted by atomic mass is 127. The standard InChI is InChI=1S/C13H12IN3O3S/c1-8-12(21-7-15-8)6-16(2)13(18)10-5-9(17(19)20)3-4-11(10)14/h3-5,7H,6H2,1-2H3. The zero-order valence-corrected chi connectivity index (χ0v) is 14.3. The first kappa shape index (κ1) is 15.8. The van der Waals surface area contributed by atoms with Crippen molar-refractivity contribution in [1.29, 1.82) is 0 Å². The number of nitro groups is 1. The summed E-state index contributed by atoms with van der Waals surface area (Å²) >= 11 is 3.49. The molecule has 0 fully saturated rings. The van der Waals surface area contributed by atoms with Crippen molar-refractivity contribution in [2.45, 2.75) is 13.5 Å². The van der Waals surface area contributed by atoms with E-state index in [0.717, 1.165) is 10.6 Å². The first-order valence-electron chi connectivity index (χ1n) is 5.98. The average molecular weight is 417 g/mol. The highest BCUT2D eigenvalue weighted by Crippen LogP contribution is 2.22. The van der Waals surface area contributed by atoms with Gasteiger partial charge in [-0.3, -0.25) is 14.9 Å². The fourth-order valence-electron chi connectivity index (χ4n) is 1.76. The summed E-state index contributed by atoms with van der Waals surface area (Å²) < 4.78 is 0.691. The number of hydrogen-bond acceptors (Lipinski definition) is 5. The molecule has 0 aliphatic heterocycles. The van der Waals surface area contributed by atoms with E-state index >= 15 is 0 Å². The largest absolute Gasteiger partial charge is 0.336 e. The van der Waals surface area contributed by atoms with Crippen LogP contribution in [0.25, 0.3) is 0 Å². The SMILES string of the molecule is Cc1ncsc1CN(C)C(=O)c1cc([N+](=O)[O-])ccc1I. The molecule has 1 aromatic heterocycles. The molecule has 2 aromatic rings. The van der Waals surface area contributed by atoms with Crippen molar-refractivity contribution in [1.82, 2.24) is 9.88 Å². The number of thiazole rings is 1. The number of aromatic nitrogens is 1. The predicted octanol–water partition coefficient (Wildman–Crippen LogP) is 3.24. The number of nitro benzene ring substituents is 1. The molecule has 0 bridgehead atoms. The molecule has 2 rings (SSSR count). The number of carbonyl (C=O) groups is 1. The summed E-state index contributed by atoms with van der Waals surface area (Å²) in [5, 5.41) is 10.8. The van der Waals surface area contributed by atoms with Gasteiger partial charge in [-0.2, -0.15) is 0 Å². The van der Waals surface area contributed by atoms with Crippen molar-refractivity contribution in [3.05, 3.63) is 53.5 Å². The molecule has 110 valence electrons. The van der Waals surface area contributed by atoms with Crippen molar-refractivity contribution in [3.8, 4) is 0 Å². The molecule has 0 N–H and O–H groups in total. The maximum absolute atomic E-state index is 12.5. The summed E-state index contributed by atoms with van der Waals surface area (Å²) in [6, 6.07) is 4.30. The summed E-state index contributed by atoms with van der Waals surface area (Å²) in [5.41, 5.74) is 2.89. The molecule has 1 amide bonds. The second kappa shape index (κ2) is 6.48. The van der Waals surface area contributed by atoms with Crippen molar-refractivity contribution >= 4 is 45.5 Å². The molecular weight excluding hydrogens is 405 g/mol. The van der Waals surface area contributed by atoms with Gasteiger partial charge in [-0.1, -0.05) is 0 Å². The Labute approximate surface area is 139 Å². The quantitative estimate of drug-likeness (QED) is 0.435. The highest BCUT2D eigenvalue weighted by Gasteiger charge is 2.19. The van der Waals surface area contributed by atoms with Crippen molar-refractivity contribution in [2.75, 3.05) is 7.05 Å². The van der Waals surface area contributed by atoms with Crippen molar-refractivity contribution in [3.63, 3.8) is 0 Å². The van der Waals surface area contributed by atoms with Gasteiger partial charge in [0.15, 0.2) is 0 Å². The van der Waals surface area contributed by atoms with Gasteiger partial charge in [-0.05, 0) is 35.6 Å². The second-order valence-corrected chi connectivity index (χ2v) is 6.54. The topological polar surface area (TPSA) is 76.3 Å². The maximum Gasteiger partial charge on any atom is 0.270 e. The van der Waals surface area contributed by atoms with Crippen LogP contribution in [0.2, 0.25) is 0 Å². The molecule has 0 atom stereocenters. The van der Waals surface area contributed by atoms with E-state index in [1.165, 1.54) is 23.5 Å². The van der Waals surface area contributed by atoms with Gasteiger partial charge >= 0.3 is 0 Å². The fraction of sp³-hybridized carbons (Fsp3) is 0.231. The van der Waals surface area contributed by atoms with E-state index in [4.69, 9.17) is 0 Å². The molecular formula is C13H12IN3O3S. The summed E-state index contributed by atoms with van der Waals surface area (Å²) in [4.78, 5) is 29.5. The Balaban J connectivity index is 2.25. The number of aryl methyl sites for hydroxylation is 1. The smallest absolute Gasteiger partial charge is 0.270 e. The third kappa shape index (κ3) is 3.56. The van der Waals surface area contributed by atoms with Gasteiger partial charge in [0, 0.05) is 27.6 Å². The molecule has 1 aromatic carbocycles. The van der Waals surface area contributed by atoms with E-state index in [1.807, 2.05) is 29.5 Å². The van der Waals surface area contributed by atoms with Gasteiger partial charge < -0.3 is 4.90 Å². The fourth-order valence-corrected chi connectivity index (χ4v) is 3.16. The van der Waals surface area contributed by atoms with Gasteiger partial charge in [0.1, 0.15) is 0 Å². The second-order valence-electron chi connectivity index (χ2n) is 4.44. The van der Waals surface area contributed by atoms with Crippen LogP contribution in [-0.4, -0.2) is 27.8 Å². The molecule has 0 aliphatic carbocycles. The highest BCUT2D eigenvalue weighted by molar-refractivity contribution is 14.1. The van der Waals surface area contributed by atoms with Crippen LogP contribution in [0.5, 0.6) is 0 Å². The van der Waals surface area contributed by atoms with Crippen LogP contribution < -0.4 is 0 Å². The van der Waals surface area contributed by atoms with E-state index in [9.17, 15) is 14.9 Å². The van der Waals surface area contributed by atoms with Crippen LogP contribution in [0.1, 0.15) is 20.9 Å². The van der Waals surface area contributed by atoms with Gasteiger partial charge in [-0.25, -0.2) is 4.98 Å². The minimum absolute atomic E-state index is 0.0823. The lowest BCUT2D eigenvalue weighted by Gasteiger charge is -2.17. The van der Waals surface area contributed by atoms with Crippen molar-refractivity contribution < 1.29 is 9.72 Å². The number of rotatable bonds is 4. The molecule has 0 saturated carbocycles. The average Bonchev–Trinajstić information content (AvgIpc) is 2.83. The van der Waals surface area contributed by atoms with E-state index in [2.05, 4.69) is 4.98 Å². The van der Waals surface area contributed by atoms with Crippen molar-refractivity contribution in [2.24, 2.45) is 0 Å². The zero-order valence-electron chi connectivity index (χ0n) is 11.4. The lowest BCUT2D eigenvalue weighted by molar-refractivity contribution is -0.384. The lowest BCUT2D eigenvalue weighted by Crippen LogP contribution is -2.27. The Morgan fingerprint density at radius 1 is 1.52 bits per heavy atom. The van der Waals surface area contributed by atoms with E-state index in [1.54, 1.807) is 23.5 Å². The number of amides is 1. The van der Waals surface area contributed by atoms with Crippen LogP contribution in [0.4, 0.5) is 5.69 Å². The van der Waals surface area contributed by atoms with Crippen LogP contribution in [-0.2, 0) is 6.54 Å². The number of non-ortho nitro benzene ring substituents is 1. The Hall–Kier alpha value is -1.55. The number of nitrogens with zero attached hydrogens (tertiary/aromatic N) is 3. The predicted molar refractivity (Wildman–Crippen MR) is 88.5 cm³/mol. The summed E-state index contributed by atoms with van der Waals surface area (Å²) in [6.45, 7) is 2.33. The van der Waals surface area contributed by atoms with Gasteiger partial charge in [0.2, 0.25) is 0 Å². The summed E-state index contributed by atoms with van der Waals surface area (Å²) in [5.74, 6) is -0.240. The van der Waals surface area contributed by atoms with Crippen LogP contribution in [0, 0.1) is 20.6 Å².